The Hall–Kier alpha value is -4.95. The van der Waals surface area contributed by atoms with Gasteiger partial charge in [0.2, 0.25) is 0 Å². The predicted octanol–water partition coefficient (Wildman–Crippen LogP) is 9.01. The number of aliphatic imine (C=N–C) groups is 1. The lowest BCUT2D eigenvalue weighted by atomic mass is 9.83. The summed E-state index contributed by atoms with van der Waals surface area (Å²) in [5.41, 5.74) is 12.1. The molecule has 39 heavy (non-hydrogen) atoms. The minimum Gasteiger partial charge on any atom is -0.309 e. The zero-order chi connectivity index (χ0) is 25.8. The SMILES string of the molecule is C1=CCC2N=C(c3ccc4c(c3)c3cc(-c5ccccc5)ccc3n4-c3ccccc3)c3ccccc3C2=C1. The number of benzene rings is 5. The Bertz CT molecular complexity index is 1970. The summed E-state index contributed by atoms with van der Waals surface area (Å²) in [7, 11) is 0. The quantitative estimate of drug-likeness (QED) is 0.232. The summed E-state index contributed by atoms with van der Waals surface area (Å²) < 4.78 is 2.38. The molecule has 0 spiro atoms. The predicted molar refractivity (Wildman–Crippen MR) is 164 cm³/mol. The Kier molecular flexibility index (Phi) is 4.99. The summed E-state index contributed by atoms with van der Waals surface area (Å²) in [6, 6.07) is 43.9. The molecule has 5 aromatic carbocycles. The lowest BCUT2D eigenvalue weighted by Crippen LogP contribution is -2.21. The second-order valence-corrected chi connectivity index (χ2v) is 10.3. The van der Waals surface area contributed by atoms with Gasteiger partial charge in [0, 0.05) is 27.6 Å². The van der Waals surface area contributed by atoms with Crippen LogP contribution >= 0.6 is 0 Å². The van der Waals surface area contributed by atoms with Crippen molar-refractivity contribution < 1.29 is 0 Å². The first-order valence-electron chi connectivity index (χ1n) is 13.6. The summed E-state index contributed by atoms with van der Waals surface area (Å²) in [5.74, 6) is 0. The molecule has 2 aliphatic rings. The summed E-state index contributed by atoms with van der Waals surface area (Å²) in [6.07, 6.45) is 7.57. The van der Waals surface area contributed by atoms with Crippen molar-refractivity contribution in [3.05, 3.63) is 156 Å². The molecule has 0 saturated heterocycles. The lowest BCUT2D eigenvalue weighted by molar-refractivity contribution is 0.839. The fraction of sp³-hybridized carbons (Fsp3) is 0.0541. The first kappa shape index (κ1) is 22.1. The average molecular weight is 499 g/mol. The molecule has 1 aliphatic carbocycles. The molecular formula is C37H26N2. The van der Waals surface area contributed by atoms with Gasteiger partial charge in [0.1, 0.15) is 0 Å². The van der Waals surface area contributed by atoms with E-state index in [0.717, 1.165) is 12.1 Å². The van der Waals surface area contributed by atoms with Gasteiger partial charge in [-0.25, -0.2) is 0 Å². The second kappa shape index (κ2) is 8.82. The number of hydrogen-bond acceptors (Lipinski definition) is 1. The molecule has 1 aliphatic heterocycles. The molecule has 0 radical (unpaired) electrons. The Morgan fingerprint density at radius 3 is 2.00 bits per heavy atom. The van der Waals surface area contributed by atoms with Gasteiger partial charge in [0.25, 0.3) is 0 Å². The molecule has 0 saturated carbocycles. The molecule has 8 rings (SSSR count). The van der Waals surface area contributed by atoms with Crippen LogP contribution in [0, 0.1) is 0 Å². The molecule has 2 nitrogen and oxygen atoms in total. The molecule has 1 unspecified atom stereocenters. The summed E-state index contributed by atoms with van der Waals surface area (Å²) in [4.78, 5) is 5.32. The van der Waals surface area contributed by atoms with Crippen LogP contribution in [-0.2, 0) is 0 Å². The van der Waals surface area contributed by atoms with Crippen molar-refractivity contribution in [3.8, 4) is 16.8 Å². The van der Waals surface area contributed by atoms with Gasteiger partial charge in [-0.1, -0.05) is 103 Å². The number of rotatable bonds is 3. The van der Waals surface area contributed by atoms with E-state index >= 15 is 0 Å². The molecule has 2 heteroatoms. The third kappa shape index (κ3) is 3.53. The second-order valence-electron chi connectivity index (χ2n) is 10.3. The van der Waals surface area contributed by atoms with Gasteiger partial charge < -0.3 is 4.57 Å². The highest BCUT2D eigenvalue weighted by atomic mass is 15.0. The number of nitrogens with zero attached hydrogens (tertiary/aromatic N) is 2. The average Bonchev–Trinajstić information content (AvgIpc) is 3.34. The van der Waals surface area contributed by atoms with Crippen LogP contribution in [0.15, 0.2) is 145 Å². The van der Waals surface area contributed by atoms with E-state index < -0.39 is 0 Å². The molecule has 0 N–H and O–H groups in total. The van der Waals surface area contributed by atoms with Crippen LogP contribution in [-0.4, -0.2) is 16.3 Å². The molecule has 184 valence electrons. The van der Waals surface area contributed by atoms with E-state index in [-0.39, 0.29) is 6.04 Å². The van der Waals surface area contributed by atoms with E-state index in [0.29, 0.717) is 0 Å². The van der Waals surface area contributed by atoms with E-state index in [1.54, 1.807) is 0 Å². The molecule has 0 fully saturated rings. The highest BCUT2D eigenvalue weighted by Gasteiger charge is 2.27. The highest BCUT2D eigenvalue weighted by molar-refractivity contribution is 6.20. The van der Waals surface area contributed by atoms with Gasteiger partial charge >= 0.3 is 0 Å². The van der Waals surface area contributed by atoms with Crippen LogP contribution in [0.1, 0.15) is 23.1 Å². The highest BCUT2D eigenvalue weighted by Crippen LogP contribution is 2.38. The van der Waals surface area contributed by atoms with Gasteiger partial charge in [0.15, 0.2) is 0 Å². The first-order chi connectivity index (χ1) is 19.3. The molecule has 1 aromatic heterocycles. The largest absolute Gasteiger partial charge is 0.309 e. The number of fused-ring (bicyclic) bond motifs is 6. The maximum Gasteiger partial charge on any atom is 0.0797 e. The van der Waals surface area contributed by atoms with Gasteiger partial charge in [-0.3, -0.25) is 4.99 Å². The van der Waals surface area contributed by atoms with Crippen LogP contribution in [0.5, 0.6) is 0 Å². The third-order valence-corrected chi connectivity index (χ3v) is 8.07. The van der Waals surface area contributed by atoms with Crippen LogP contribution in [0.4, 0.5) is 0 Å². The third-order valence-electron chi connectivity index (χ3n) is 8.07. The Morgan fingerprint density at radius 1 is 0.590 bits per heavy atom. The Labute approximate surface area is 227 Å². The minimum absolute atomic E-state index is 0.172. The van der Waals surface area contributed by atoms with E-state index in [4.69, 9.17) is 4.99 Å². The molecule has 0 amide bonds. The number of allylic oxidation sites excluding steroid dienone is 2. The van der Waals surface area contributed by atoms with E-state index in [9.17, 15) is 0 Å². The Balaban J connectivity index is 1.39. The van der Waals surface area contributed by atoms with Crippen molar-refractivity contribution in [2.75, 3.05) is 0 Å². The van der Waals surface area contributed by atoms with Gasteiger partial charge in [-0.05, 0) is 65.1 Å². The topological polar surface area (TPSA) is 17.3 Å². The summed E-state index contributed by atoms with van der Waals surface area (Å²) >= 11 is 0. The van der Waals surface area contributed by atoms with Gasteiger partial charge in [-0.2, -0.15) is 0 Å². The van der Waals surface area contributed by atoms with E-state index in [2.05, 4.69) is 144 Å². The fourth-order valence-corrected chi connectivity index (χ4v) is 6.24. The Morgan fingerprint density at radius 2 is 1.23 bits per heavy atom. The van der Waals surface area contributed by atoms with E-state index in [1.165, 1.54) is 60.9 Å². The smallest absolute Gasteiger partial charge is 0.0797 e. The van der Waals surface area contributed by atoms with E-state index in [1.807, 2.05) is 0 Å². The van der Waals surface area contributed by atoms with Gasteiger partial charge in [0.05, 0.1) is 22.8 Å². The van der Waals surface area contributed by atoms with Crippen molar-refractivity contribution >= 4 is 33.1 Å². The van der Waals surface area contributed by atoms with Crippen molar-refractivity contribution in [1.29, 1.82) is 0 Å². The number of hydrogen-bond donors (Lipinski definition) is 0. The maximum absolute atomic E-state index is 5.32. The zero-order valence-electron chi connectivity index (χ0n) is 21.5. The lowest BCUT2D eigenvalue weighted by Gasteiger charge is -2.27. The molecular weight excluding hydrogens is 472 g/mol. The first-order valence-corrected chi connectivity index (χ1v) is 13.6. The number of para-hydroxylation sites is 1. The molecule has 0 bridgehead atoms. The number of aromatic nitrogens is 1. The fourth-order valence-electron chi connectivity index (χ4n) is 6.24. The van der Waals surface area contributed by atoms with Crippen LogP contribution in [0.25, 0.3) is 44.2 Å². The molecule has 6 aromatic rings. The minimum atomic E-state index is 0.172. The summed E-state index contributed by atoms with van der Waals surface area (Å²) in [6.45, 7) is 0. The van der Waals surface area contributed by atoms with Crippen LogP contribution < -0.4 is 0 Å². The van der Waals surface area contributed by atoms with Crippen molar-refractivity contribution in [3.63, 3.8) is 0 Å². The van der Waals surface area contributed by atoms with Crippen LogP contribution in [0.2, 0.25) is 0 Å². The molecule has 1 atom stereocenters. The maximum atomic E-state index is 5.32. The van der Waals surface area contributed by atoms with Gasteiger partial charge in [-0.15, -0.1) is 0 Å². The zero-order valence-corrected chi connectivity index (χ0v) is 21.5. The monoisotopic (exact) mass is 498 g/mol. The normalized spacial score (nSPS) is 16.1. The standard InChI is InChI=1S/C37H26N2/c1-3-11-25(12-4-1)26-19-21-35-32(23-26)33-24-27(20-22-36(33)39(35)28-13-5-2-6-14-28)37-31-17-8-7-15-29(31)30-16-9-10-18-34(30)38-37/h1-17,19-24,34H,18H2. The summed E-state index contributed by atoms with van der Waals surface area (Å²) in [5, 5.41) is 2.50. The van der Waals surface area contributed by atoms with Crippen molar-refractivity contribution in [2.45, 2.75) is 12.5 Å². The van der Waals surface area contributed by atoms with Crippen molar-refractivity contribution in [2.24, 2.45) is 4.99 Å². The molecule has 2 heterocycles. The van der Waals surface area contributed by atoms with Crippen LogP contribution in [0.3, 0.4) is 0 Å². The van der Waals surface area contributed by atoms with Crippen molar-refractivity contribution in [1.82, 2.24) is 4.57 Å².